The maximum atomic E-state index is 5.90. The molecule has 1 heterocycles. The van der Waals surface area contributed by atoms with Crippen LogP contribution in [0.5, 0.6) is 0 Å². The zero-order valence-electron chi connectivity index (χ0n) is 9.73. The minimum absolute atomic E-state index is 0.593. The number of hydrogen-bond donors (Lipinski definition) is 0. The van der Waals surface area contributed by atoms with Crippen molar-refractivity contribution in [2.75, 3.05) is 0 Å². The maximum Gasteiger partial charge on any atom is 0.140 e. The van der Waals surface area contributed by atoms with Crippen molar-refractivity contribution in [1.82, 2.24) is 0 Å². The summed E-state index contributed by atoms with van der Waals surface area (Å²) in [6.07, 6.45) is 0. The molecular formula is C15H13NO. The molecule has 1 aromatic heterocycles. The van der Waals surface area contributed by atoms with Crippen LogP contribution >= 0.6 is 0 Å². The Morgan fingerprint density at radius 1 is 1.18 bits per heavy atom. The maximum absolute atomic E-state index is 5.90. The smallest absolute Gasteiger partial charge is 0.140 e. The summed E-state index contributed by atoms with van der Waals surface area (Å²) in [5, 5.41) is 2.33. The van der Waals surface area contributed by atoms with Crippen LogP contribution in [-0.2, 0) is 6.54 Å². The Labute approximate surface area is 99.6 Å². The standard InChI is InChI=1S/C15H13NO/c1-10-6-7-14-13(8-10)12-5-3-4-11(9-16-2)15(12)17-14/h3-8H,2,9H2,1H3. The first-order valence-corrected chi connectivity index (χ1v) is 5.63. The predicted molar refractivity (Wildman–Crippen MR) is 71.7 cm³/mol. The molecule has 2 heteroatoms. The topological polar surface area (TPSA) is 25.5 Å². The van der Waals surface area contributed by atoms with Crippen LogP contribution < -0.4 is 0 Å². The molecule has 0 amide bonds. The van der Waals surface area contributed by atoms with E-state index in [4.69, 9.17) is 4.42 Å². The average Bonchev–Trinajstić information content (AvgIpc) is 2.69. The number of rotatable bonds is 2. The number of furan rings is 1. The van der Waals surface area contributed by atoms with Crippen molar-refractivity contribution in [2.45, 2.75) is 13.5 Å². The van der Waals surface area contributed by atoms with E-state index in [0.717, 1.165) is 22.1 Å². The third-order valence-corrected chi connectivity index (χ3v) is 3.02. The number of aliphatic imine (C=N–C) groups is 1. The first-order valence-electron chi connectivity index (χ1n) is 5.63. The van der Waals surface area contributed by atoms with Crippen molar-refractivity contribution in [3.05, 3.63) is 47.5 Å². The Hall–Kier alpha value is -2.09. The minimum Gasteiger partial charge on any atom is -0.456 e. The molecule has 0 radical (unpaired) electrons. The molecule has 2 nitrogen and oxygen atoms in total. The summed E-state index contributed by atoms with van der Waals surface area (Å²) < 4.78 is 5.90. The summed E-state index contributed by atoms with van der Waals surface area (Å²) >= 11 is 0. The van der Waals surface area contributed by atoms with Gasteiger partial charge < -0.3 is 4.42 Å². The van der Waals surface area contributed by atoms with Gasteiger partial charge in [-0.2, -0.15) is 0 Å². The number of para-hydroxylation sites is 1. The first-order chi connectivity index (χ1) is 8.29. The summed E-state index contributed by atoms with van der Waals surface area (Å²) in [6.45, 7) is 6.22. The average molecular weight is 223 g/mol. The molecular weight excluding hydrogens is 210 g/mol. The van der Waals surface area contributed by atoms with Crippen molar-refractivity contribution in [1.29, 1.82) is 0 Å². The lowest BCUT2D eigenvalue weighted by Gasteiger charge is -1.96. The van der Waals surface area contributed by atoms with Gasteiger partial charge in [0.05, 0.1) is 6.54 Å². The Bertz CT molecular complexity index is 709. The monoisotopic (exact) mass is 223 g/mol. The fourth-order valence-electron chi connectivity index (χ4n) is 2.22. The van der Waals surface area contributed by atoms with Crippen molar-refractivity contribution in [3.8, 4) is 0 Å². The Balaban J connectivity index is 2.42. The van der Waals surface area contributed by atoms with E-state index in [1.165, 1.54) is 10.9 Å². The van der Waals surface area contributed by atoms with E-state index >= 15 is 0 Å². The summed E-state index contributed by atoms with van der Waals surface area (Å²) in [4.78, 5) is 3.93. The van der Waals surface area contributed by atoms with E-state index in [1.54, 1.807) is 0 Å². The number of hydrogen-bond acceptors (Lipinski definition) is 2. The molecule has 3 rings (SSSR count). The Morgan fingerprint density at radius 3 is 2.88 bits per heavy atom. The molecule has 0 aliphatic heterocycles. The Kier molecular flexibility index (Phi) is 2.22. The highest BCUT2D eigenvalue weighted by molar-refractivity contribution is 6.06. The van der Waals surface area contributed by atoms with Crippen molar-refractivity contribution in [2.24, 2.45) is 4.99 Å². The molecule has 0 aliphatic rings. The lowest BCUT2D eigenvalue weighted by Crippen LogP contribution is -1.80. The van der Waals surface area contributed by atoms with E-state index in [0.29, 0.717) is 6.54 Å². The number of nitrogens with zero attached hydrogens (tertiary/aromatic N) is 1. The van der Waals surface area contributed by atoms with Gasteiger partial charge in [0.25, 0.3) is 0 Å². The van der Waals surface area contributed by atoms with Gasteiger partial charge in [-0.1, -0.05) is 29.8 Å². The molecule has 17 heavy (non-hydrogen) atoms. The summed E-state index contributed by atoms with van der Waals surface area (Å²) in [7, 11) is 0. The number of fused-ring (bicyclic) bond motifs is 3. The molecule has 2 aromatic carbocycles. The van der Waals surface area contributed by atoms with Crippen molar-refractivity contribution in [3.63, 3.8) is 0 Å². The fourth-order valence-corrected chi connectivity index (χ4v) is 2.22. The number of aryl methyl sites for hydroxylation is 1. The van der Waals surface area contributed by atoms with Gasteiger partial charge in [-0.25, -0.2) is 0 Å². The van der Waals surface area contributed by atoms with Gasteiger partial charge in [0.2, 0.25) is 0 Å². The highest BCUT2D eigenvalue weighted by Crippen LogP contribution is 2.31. The highest BCUT2D eigenvalue weighted by Gasteiger charge is 2.09. The summed E-state index contributed by atoms with van der Waals surface area (Å²) in [6, 6.07) is 12.4. The van der Waals surface area contributed by atoms with Crippen LogP contribution in [0.1, 0.15) is 11.1 Å². The third-order valence-electron chi connectivity index (χ3n) is 3.02. The normalized spacial score (nSPS) is 11.1. The lowest BCUT2D eigenvalue weighted by molar-refractivity contribution is 0.663. The van der Waals surface area contributed by atoms with Gasteiger partial charge in [0.15, 0.2) is 0 Å². The van der Waals surface area contributed by atoms with E-state index < -0.39 is 0 Å². The molecule has 0 N–H and O–H groups in total. The van der Waals surface area contributed by atoms with E-state index in [-0.39, 0.29) is 0 Å². The van der Waals surface area contributed by atoms with Crippen molar-refractivity contribution >= 4 is 28.7 Å². The molecule has 0 spiro atoms. The van der Waals surface area contributed by atoms with E-state index in [2.05, 4.69) is 36.8 Å². The molecule has 84 valence electrons. The van der Waals surface area contributed by atoms with Gasteiger partial charge >= 0.3 is 0 Å². The second-order valence-electron chi connectivity index (χ2n) is 4.28. The number of benzene rings is 2. The molecule has 0 saturated heterocycles. The molecule has 0 unspecified atom stereocenters. The second kappa shape index (κ2) is 3.74. The van der Waals surface area contributed by atoms with Crippen LogP contribution in [0.25, 0.3) is 21.9 Å². The van der Waals surface area contributed by atoms with Gasteiger partial charge in [-0.15, -0.1) is 0 Å². The fraction of sp³-hybridized carbons (Fsp3) is 0.133. The molecule has 0 fully saturated rings. The van der Waals surface area contributed by atoms with Gasteiger partial charge in [0.1, 0.15) is 11.2 Å². The second-order valence-corrected chi connectivity index (χ2v) is 4.28. The van der Waals surface area contributed by atoms with Crippen LogP contribution in [0.15, 0.2) is 45.8 Å². The molecule has 0 aliphatic carbocycles. The van der Waals surface area contributed by atoms with Crippen LogP contribution in [-0.4, -0.2) is 6.72 Å². The molecule has 0 saturated carbocycles. The van der Waals surface area contributed by atoms with Crippen LogP contribution in [0.2, 0.25) is 0 Å². The van der Waals surface area contributed by atoms with Gasteiger partial charge in [-0.3, -0.25) is 4.99 Å². The van der Waals surface area contributed by atoms with Gasteiger partial charge in [-0.05, 0) is 25.8 Å². The molecule has 3 aromatic rings. The summed E-state index contributed by atoms with van der Waals surface area (Å²) in [5.41, 5.74) is 4.20. The lowest BCUT2D eigenvalue weighted by atomic mass is 10.1. The van der Waals surface area contributed by atoms with Crippen LogP contribution in [0.4, 0.5) is 0 Å². The third kappa shape index (κ3) is 1.53. The highest BCUT2D eigenvalue weighted by atomic mass is 16.3. The van der Waals surface area contributed by atoms with Crippen molar-refractivity contribution < 1.29 is 4.42 Å². The zero-order valence-corrected chi connectivity index (χ0v) is 9.73. The predicted octanol–water partition coefficient (Wildman–Crippen LogP) is 4.10. The SMILES string of the molecule is C=NCc1cccc2c1oc1ccc(C)cc12. The molecule has 0 bridgehead atoms. The largest absolute Gasteiger partial charge is 0.456 e. The van der Waals surface area contributed by atoms with Crippen LogP contribution in [0, 0.1) is 6.92 Å². The quantitative estimate of drug-likeness (QED) is 0.600. The van der Waals surface area contributed by atoms with Gasteiger partial charge in [0, 0.05) is 16.3 Å². The van der Waals surface area contributed by atoms with Crippen LogP contribution in [0.3, 0.4) is 0 Å². The zero-order chi connectivity index (χ0) is 11.8. The first kappa shape index (κ1) is 10.1. The minimum atomic E-state index is 0.593. The van der Waals surface area contributed by atoms with E-state index in [9.17, 15) is 0 Å². The van der Waals surface area contributed by atoms with E-state index in [1.807, 2.05) is 18.2 Å². The Morgan fingerprint density at radius 2 is 2.06 bits per heavy atom. The molecule has 0 atom stereocenters. The summed E-state index contributed by atoms with van der Waals surface area (Å²) in [5.74, 6) is 0.